The molecule has 0 aliphatic rings. The predicted molar refractivity (Wildman–Crippen MR) is 312 cm³/mol. The Kier molecular flexibility index (Phi) is 58.9. The average molecular weight is 1020 g/mol. The molecule has 0 radical (unpaired) electrons. The van der Waals surface area contributed by atoms with E-state index in [4.69, 9.17) is 14.2 Å². The third-order valence-corrected chi connectivity index (χ3v) is 15.7. The molecule has 0 aromatic heterocycles. The number of rotatable bonds is 61. The highest BCUT2D eigenvalue weighted by atomic mass is 16.6. The molecule has 1 unspecified atom stereocenters. The quantitative estimate of drug-likeness (QED) is 0.0343. The Morgan fingerprint density at radius 3 is 0.722 bits per heavy atom. The van der Waals surface area contributed by atoms with Crippen LogP contribution in [0.3, 0.4) is 0 Å². The van der Waals surface area contributed by atoms with Crippen LogP contribution in [0.15, 0.2) is 0 Å². The Bertz CT molecular complexity index is 1090. The van der Waals surface area contributed by atoms with E-state index < -0.39 is 6.10 Å². The topological polar surface area (TPSA) is 78.9 Å². The van der Waals surface area contributed by atoms with Gasteiger partial charge in [-0.2, -0.15) is 0 Å². The molecule has 0 aliphatic heterocycles. The maximum absolute atomic E-state index is 12.9. The molecule has 0 N–H and O–H groups in total. The zero-order valence-electron chi connectivity index (χ0n) is 49.4. The number of hydrogen-bond acceptors (Lipinski definition) is 6. The second-order valence-corrected chi connectivity index (χ2v) is 23.0. The summed E-state index contributed by atoms with van der Waals surface area (Å²) in [6.45, 7) is 9.13. The minimum absolute atomic E-state index is 0.0610. The number of ether oxygens (including phenoxy) is 3. The summed E-state index contributed by atoms with van der Waals surface area (Å²) in [5.74, 6) is 0.0831. The smallest absolute Gasteiger partial charge is 0.306 e. The maximum atomic E-state index is 12.9. The van der Waals surface area contributed by atoms with E-state index in [1.165, 1.54) is 276 Å². The molecule has 0 aromatic rings. The third-order valence-electron chi connectivity index (χ3n) is 15.7. The van der Waals surface area contributed by atoms with E-state index in [1.54, 1.807) is 0 Å². The second-order valence-electron chi connectivity index (χ2n) is 23.0. The zero-order valence-corrected chi connectivity index (χ0v) is 49.4. The molecule has 0 spiro atoms. The standard InChI is InChI=1S/C66H128O6/c1-5-8-10-12-14-16-18-20-21-22-23-27-30-34-38-42-46-50-54-58-65(68)71-61-63(60-70-64(67)57-53-49-45-41-37-32-19-17-15-13-11-9-6-2)72-66(69)59-55-51-47-43-39-35-31-28-25-24-26-29-33-36-40-44-48-52-56-62(4)7-3/h62-63H,5-61H2,1-4H3/t62?,63-/m1/s1. The summed E-state index contributed by atoms with van der Waals surface area (Å²) in [5, 5.41) is 0. The highest BCUT2D eigenvalue weighted by molar-refractivity contribution is 5.71. The normalized spacial score (nSPS) is 12.3. The van der Waals surface area contributed by atoms with Crippen LogP contribution >= 0.6 is 0 Å². The van der Waals surface area contributed by atoms with Crippen LogP contribution < -0.4 is 0 Å². The van der Waals surface area contributed by atoms with Crippen LogP contribution in [0.1, 0.15) is 381 Å². The average Bonchev–Trinajstić information content (AvgIpc) is 3.38. The van der Waals surface area contributed by atoms with Crippen LogP contribution in [0.5, 0.6) is 0 Å². The van der Waals surface area contributed by atoms with Crippen molar-refractivity contribution < 1.29 is 28.6 Å². The van der Waals surface area contributed by atoms with E-state index in [0.717, 1.165) is 63.7 Å². The lowest BCUT2D eigenvalue weighted by atomic mass is 9.99. The van der Waals surface area contributed by atoms with Crippen molar-refractivity contribution in [3.63, 3.8) is 0 Å². The van der Waals surface area contributed by atoms with Gasteiger partial charge in [0.05, 0.1) is 0 Å². The van der Waals surface area contributed by atoms with Crippen molar-refractivity contribution in [1.82, 2.24) is 0 Å². The molecule has 0 saturated carbocycles. The van der Waals surface area contributed by atoms with Gasteiger partial charge in [-0.1, -0.05) is 342 Å². The molecule has 6 nitrogen and oxygen atoms in total. The summed E-state index contributed by atoms with van der Waals surface area (Å²) in [5.41, 5.74) is 0. The Balaban J connectivity index is 4.24. The molecular formula is C66H128O6. The van der Waals surface area contributed by atoms with E-state index in [9.17, 15) is 14.4 Å². The summed E-state index contributed by atoms with van der Waals surface area (Å²) in [4.78, 5) is 38.3. The number of carbonyl (C=O) groups excluding carboxylic acids is 3. The minimum Gasteiger partial charge on any atom is -0.462 e. The van der Waals surface area contributed by atoms with E-state index in [1.807, 2.05) is 0 Å². The number of esters is 3. The lowest BCUT2D eigenvalue weighted by Crippen LogP contribution is -2.30. The summed E-state index contributed by atoms with van der Waals surface area (Å²) in [6.07, 6.45) is 68.2. The van der Waals surface area contributed by atoms with Crippen molar-refractivity contribution in [3.8, 4) is 0 Å². The molecule has 0 amide bonds. The van der Waals surface area contributed by atoms with E-state index in [2.05, 4.69) is 27.7 Å². The van der Waals surface area contributed by atoms with Crippen molar-refractivity contribution >= 4 is 17.9 Å². The molecule has 72 heavy (non-hydrogen) atoms. The van der Waals surface area contributed by atoms with Crippen molar-refractivity contribution in [2.45, 2.75) is 387 Å². The van der Waals surface area contributed by atoms with Gasteiger partial charge in [0.1, 0.15) is 13.2 Å². The van der Waals surface area contributed by atoms with Gasteiger partial charge in [0.2, 0.25) is 0 Å². The number of carbonyl (C=O) groups is 3. The molecule has 0 aromatic carbocycles. The monoisotopic (exact) mass is 1020 g/mol. The van der Waals surface area contributed by atoms with Gasteiger partial charge in [-0.25, -0.2) is 0 Å². The van der Waals surface area contributed by atoms with E-state index in [0.29, 0.717) is 19.3 Å². The molecule has 0 fully saturated rings. The molecule has 0 bridgehead atoms. The summed E-state index contributed by atoms with van der Waals surface area (Å²) >= 11 is 0. The van der Waals surface area contributed by atoms with Crippen LogP contribution in [-0.4, -0.2) is 37.2 Å². The van der Waals surface area contributed by atoms with Gasteiger partial charge < -0.3 is 14.2 Å². The Labute approximate surface area is 450 Å². The first-order valence-corrected chi connectivity index (χ1v) is 32.9. The Hall–Kier alpha value is -1.59. The largest absolute Gasteiger partial charge is 0.462 e. The molecule has 0 rings (SSSR count). The van der Waals surface area contributed by atoms with Gasteiger partial charge in [-0.05, 0) is 25.2 Å². The van der Waals surface area contributed by atoms with E-state index in [-0.39, 0.29) is 31.1 Å². The van der Waals surface area contributed by atoms with Crippen molar-refractivity contribution in [3.05, 3.63) is 0 Å². The van der Waals surface area contributed by atoms with Gasteiger partial charge in [-0.3, -0.25) is 14.4 Å². The van der Waals surface area contributed by atoms with Crippen molar-refractivity contribution in [2.24, 2.45) is 5.92 Å². The lowest BCUT2D eigenvalue weighted by molar-refractivity contribution is -0.167. The molecular weight excluding hydrogens is 889 g/mol. The van der Waals surface area contributed by atoms with Crippen LogP contribution in [0, 0.1) is 5.92 Å². The zero-order chi connectivity index (χ0) is 52.3. The van der Waals surface area contributed by atoms with Crippen LogP contribution in [-0.2, 0) is 28.6 Å². The second kappa shape index (κ2) is 60.3. The predicted octanol–water partition coefficient (Wildman–Crippen LogP) is 22.1. The van der Waals surface area contributed by atoms with Gasteiger partial charge in [0.25, 0.3) is 0 Å². The van der Waals surface area contributed by atoms with Crippen molar-refractivity contribution in [1.29, 1.82) is 0 Å². The first kappa shape index (κ1) is 70.4. The fraction of sp³-hybridized carbons (Fsp3) is 0.955. The molecule has 0 heterocycles. The first-order chi connectivity index (χ1) is 35.4. The molecule has 0 saturated heterocycles. The highest BCUT2D eigenvalue weighted by Crippen LogP contribution is 2.19. The first-order valence-electron chi connectivity index (χ1n) is 32.9. The lowest BCUT2D eigenvalue weighted by Gasteiger charge is -2.18. The van der Waals surface area contributed by atoms with Crippen molar-refractivity contribution in [2.75, 3.05) is 13.2 Å². The summed E-state index contributed by atoms with van der Waals surface area (Å²) in [7, 11) is 0. The maximum Gasteiger partial charge on any atom is 0.306 e. The number of hydrogen-bond donors (Lipinski definition) is 0. The van der Waals surface area contributed by atoms with Gasteiger partial charge in [0.15, 0.2) is 6.10 Å². The Morgan fingerprint density at radius 2 is 0.486 bits per heavy atom. The summed E-state index contributed by atoms with van der Waals surface area (Å²) < 4.78 is 17.0. The Morgan fingerprint density at radius 1 is 0.278 bits per heavy atom. The van der Waals surface area contributed by atoms with Crippen LogP contribution in [0.25, 0.3) is 0 Å². The van der Waals surface area contributed by atoms with Gasteiger partial charge >= 0.3 is 17.9 Å². The van der Waals surface area contributed by atoms with Crippen LogP contribution in [0.2, 0.25) is 0 Å². The third kappa shape index (κ3) is 57.7. The fourth-order valence-electron chi connectivity index (χ4n) is 10.3. The highest BCUT2D eigenvalue weighted by Gasteiger charge is 2.19. The number of unbranched alkanes of at least 4 members (excludes halogenated alkanes) is 47. The van der Waals surface area contributed by atoms with Gasteiger partial charge in [-0.15, -0.1) is 0 Å². The molecule has 0 aliphatic carbocycles. The van der Waals surface area contributed by atoms with E-state index >= 15 is 0 Å². The molecule has 6 heteroatoms. The molecule has 428 valence electrons. The minimum atomic E-state index is -0.763. The SMILES string of the molecule is CCCCCCCCCCCCCCCCCCCCCC(=O)OC[C@@H](COC(=O)CCCCCCCCCCCCCCC)OC(=O)CCCCCCCCCCCCCCCCCCCCC(C)CC. The van der Waals surface area contributed by atoms with Gasteiger partial charge in [0, 0.05) is 19.3 Å². The fourth-order valence-corrected chi connectivity index (χ4v) is 10.3. The molecule has 2 atom stereocenters. The summed E-state index contributed by atoms with van der Waals surface area (Å²) in [6, 6.07) is 0. The van der Waals surface area contributed by atoms with Crippen LogP contribution in [0.4, 0.5) is 0 Å².